The van der Waals surface area contributed by atoms with E-state index < -0.39 is 11.8 Å². The summed E-state index contributed by atoms with van der Waals surface area (Å²) in [4.78, 5) is 15.4. The number of hydrogen-bond acceptors (Lipinski definition) is 4. The number of aromatic nitrogens is 2. The molecular weight excluding hydrogens is 273 g/mol. The molecule has 0 aliphatic carbocycles. The van der Waals surface area contributed by atoms with Crippen molar-refractivity contribution in [2.75, 3.05) is 12.3 Å². The molecule has 2 rings (SSSR count). The van der Waals surface area contributed by atoms with Crippen molar-refractivity contribution in [3.8, 4) is 5.69 Å². The Morgan fingerprint density at radius 1 is 1.58 bits per heavy atom. The monoisotopic (exact) mass is 283 g/mol. The van der Waals surface area contributed by atoms with Gasteiger partial charge in [0.05, 0.1) is 11.6 Å². The van der Waals surface area contributed by atoms with Gasteiger partial charge in [-0.1, -0.05) is 17.7 Å². The number of imidazole rings is 1. The van der Waals surface area contributed by atoms with E-state index >= 15 is 0 Å². The van der Waals surface area contributed by atoms with E-state index in [0.717, 1.165) is 0 Å². The van der Waals surface area contributed by atoms with Crippen LogP contribution in [0.25, 0.3) is 5.69 Å². The second-order valence-corrected chi connectivity index (χ2v) is 4.05. The Morgan fingerprint density at radius 3 is 2.95 bits per heavy atom. The van der Waals surface area contributed by atoms with Crippen LogP contribution in [-0.4, -0.2) is 22.1 Å². The maximum atomic E-state index is 13.8. The van der Waals surface area contributed by atoms with E-state index in [9.17, 15) is 9.18 Å². The number of carbonyl (C=O) groups excluding carboxylic acids is 1. The van der Waals surface area contributed by atoms with Gasteiger partial charge in [-0.2, -0.15) is 0 Å². The zero-order valence-electron chi connectivity index (χ0n) is 10.1. The summed E-state index contributed by atoms with van der Waals surface area (Å²) in [7, 11) is 0. The van der Waals surface area contributed by atoms with Gasteiger partial charge in [0.15, 0.2) is 5.69 Å². The van der Waals surface area contributed by atoms with Crippen molar-refractivity contribution in [3.63, 3.8) is 0 Å². The summed E-state index contributed by atoms with van der Waals surface area (Å²) < 4.78 is 19.8. The molecule has 5 nitrogen and oxygen atoms in total. The first-order valence-electron chi connectivity index (χ1n) is 5.50. The topological polar surface area (TPSA) is 70.1 Å². The Bertz CT molecular complexity index is 607. The summed E-state index contributed by atoms with van der Waals surface area (Å²) in [5.74, 6) is -1.25. The maximum absolute atomic E-state index is 13.8. The van der Waals surface area contributed by atoms with Gasteiger partial charge in [-0.25, -0.2) is 14.2 Å². The average Bonchev–Trinajstić information content (AvgIpc) is 2.72. The number of rotatable bonds is 3. The molecule has 1 aromatic carbocycles. The fraction of sp³-hybridized carbons (Fsp3) is 0.167. The van der Waals surface area contributed by atoms with E-state index in [1.165, 1.54) is 29.1 Å². The van der Waals surface area contributed by atoms with Crippen molar-refractivity contribution in [1.82, 2.24) is 9.55 Å². The Morgan fingerprint density at radius 2 is 2.32 bits per heavy atom. The molecular formula is C12H11ClFN3O2. The van der Waals surface area contributed by atoms with Gasteiger partial charge >= 0.3 is 5.97 Å². The molecule has 7 heteroatoms. The molecule has 0 aliphatic heterocycles. The third-order valence-electron chi connectivity index (χ3n) is 2.45. The van der Waals surface area contributed by atoms with Gasteiger partial charge in [0, 0.05) is 0 Å². The van der Waals surface area contributed by atoms with Crippen molar-refractivity contribution in [2.45, 2.75) is 6.92 Å². The molecule has 0 unspecified atom stereocenters. The molecule has 0 amide bonds. The Kier molecular flexibility index (Phi) is 3.71. The summed E-state index contributed by atoms with van der Waals surface area (Å²) in [5.41, 5.74) is 5.76. The second kappa shape index (κ2) is 5.27. The van der Waals surface area contributed by atoms with Crippen LogP contribution in [0.2, 0.25) is 5.02 Å². The van der Waals surface area contributed by atoms with Crippen LogP contribution in [0.15, 0.2) is 24.5 Å². The predicted molar refractivity (Wildman–Crippen MR) is 68.9 cm³/mol. The smallest absolute Gasteiger partial charge is 0.360 e. The molecule has 19 heavy (non-hydrogen) atoms. The number of ether oxygens (including phenoxy) is 1. The molecule has 0 fully saturated rings. The van der Waals surface area contributed by atoms with Gasteiger partial charge in [-0.3, -0.25) is 4.57 Å². The average molecular weight is 284 g/mol. The van der Waals surface area contributed by atoms with Crippen molar-refractivity contribution >= 4 is 23.4 Å². The number of carbonyl (C=O) groups is 1. The second-order valence-electron chi connectivity index (χ2n) is 3.64. The minimum atomic E-state index is -0.661. The number of nitrogen functional groups attached to an aromatic ring is 1. The van der Waals surface area contributed by atoms with E-state index in [4.69, 9.17) is 22.1 Å². The first-order chi connectivity index (χ1) is 9.06. The van der Waals surface area contributed by atoms with Crippen LogP contribution in [0.3, 0.4) is 0 Å². The van der Waals surface area contributed by atoms with Gasteiger partial charge in [-0.05, 0) is 19.1 Å². The van der Waals surface area contributed by atoms with Crippen LogP contribution in [-0.2, 0) is 4.74 Å². The minimum absolute atomic E-state index is 0.0227. The molecule has 0 spiro atoms. The van der Waals surface area contributed by atoms with E-state index in [1.54, 1.807) is 6.92 Å². The highest BCUT2D eigenvalue weighted by molar-refractivity contribution is 6.32. The number of benzene rings is 1. The largest absolute Gasteiger partial charge is 0.461 e. The van der Waals surface area contributed by atoms with E-state index in [0.29, 0.717) is 0 Å². The van der Waals surface area contributed by atoms with Gasteiger partial charge in [-0.15, -0.1) is 0 Å². The first kappa shape index (κ1) is 13.4. The highest BCUT2D eigenvalue weighted by atomic mass is 35.5. The molecule has 100 valence electrons. The van der Waals surface area contributed by atoms with Crippen molar-refractivity contribution < 1.29 is 13.9 Å². The van der Waals surface area contributed by atoms with Crippen LogP contribution in [0.5, 0.6) is 0 Å². The minimum Gasteiger partial charge on any atom is -0.461 e. The summed E-state index contributed by atoms with van der Waals surface area (Å²) >= 11 is 5.93. The summed E-state index contributed by atoms with van der Waals surface area (Å²) in [5, 5.41) is 0.166. The van der Waals surface area contributed by atoms with Crippen LogP contribution >= 0.6 is 11.6 Å². The molecule has 1 aromatic heterocycles. The Balaban J connectivity index is 2.51. The molecule has 0 saturated carbocycles. The van der Waals surface area contributed by atoms with Crippen LogP contribution in [0.1, 0.15) is 17.4 Å². The highest BCUT2D eigenvalue weighted by Gasteiger charge is 2.20. The van der Waals surface area contributed by atoms with Crippen LogP contribution in [0, 0.1) is 5.82 Å². The number of nitrogens with zero attached hydrogens (tertiary/aromatic N) is 2. The van der Waals surface area contributed by atoms with E-state index in [-0.39, 0.29) is 28.8 Å². The molecule has 0 bridgehead atoms. The van der Waals surface area contributed by atoms with Crippen LogP contribution < -0.4 is 5.73 Å². The zero-order valence-corrected chi connectivity index (χ0v) is 10.8. The number of para-hydroxylation sites is 1. The maximum Gasteiger partial charge on any atom is 0.360 e. The lowest BCUT2D eigenvalue weighted by atomic mass is 10.3. The lowest BCUT2D eigenvalue weighted by molar-refractivity contribution is 0.0521. The van der Waals surface area contributed by atoms with Gasteiger partial charge in [0.2, 0.25) is 0 Å². The third-order valence-corrected chi connectivity index (χ3v) is 2.76. The normalized spacial score (nSPS) is 10.5. The van der Waals surface area contributed by atoms with E-state index in [2.05, 4.69) is 4.98 Å². The highest BCUT2D eigenvalue weighted by Crippen LogP contribution is 2.27. The Hall–Kier alpha value is -2.08. The number of anilines is 1. The van der Waals surface area contributed by atoms with E-state index in [1.807, 2.05) is 0 Å². The fourth-order valence-corrected chi connectivity index (χ4v) is 1.87. The SMILES string of the molecule is CCOC(=O)c1ncn(-c2c(F)cccc2Cl)c1N. The molecule has 0 aliphatic rings. The van der Waals surface area contributed by atoms with Crippen molar-refractivity contribution in [2.24, 2.45) is 0 Å². The molecule has 1 heterocycles. The number of nitrogens with two attached hydrogens (primary N) is 1. The lowest BCUT2D eigenvalue weighted by Gasteiger charge is -2.08. The van der Waals surface area contributed by atoms with Gasteiger partial charge < -0.3 is 10.5 Å². The predicted octanol–water partition coefficient (Wildman–Crippen LogP) is 2.42. The van der Waals surface area contributed by atoms with Gasteiger partial charge in [0.25, 0.3) is 0 Å². The summed E-state index contributed by atoms with van der Waals surface area (Å²) in [6, 6.07) is 4.23. The number of hydrogen-bond donors (Lipinski definition) is 1. The summed E-state index contributed by atoms with van der Waals surface area (Å²) in [6.07, 6.45) is 1.23. The zero-order chi connectivity index (χ0) is 14.0. The third kappa shape index (κ3) is 2.39. The molecule has 2 N–H and O–H groups in total. The van der Waals surface area contributed by atoms with Crippen molar-refractivity contribution in [1.29, 1.82) is 0 Å². The van der Waals surface area contributed by atoms with Gasteiger partial charge in [0.1, 0.15) is 23.6 Å². The van der Waals surface area contributed by atoms with Crippen molar-refractivity contribution in [3.05, 3.63) is 41.1 Å². The number of esters is 1. The standard InChI is InChI=1S/C12H11ClFN3O2/c1-2-19-12(18)9-11(15)17(6-16-9)10-7(13)4-3-5-8(10)14/h3-6H,2,15H2,1H3. The summed E-state index contributed by atoms with van der Waals surface area (Å²) in [6.45, 7) is 1.87. The molecule has 0 radical (unpaired) electrons. The molecule has 0 atom stereocenters. The lowest BCUT2D eigenvalue weighted by Crippen LogP contribution is -2.10. The molecule has 2 aromatic rings. The Labute approximate surface area is 113 Å². The number of halogens is 2. The fourth-order valence-electron chi connectivity index (χ4n) is 1.61. The molecule has 0 saturated heterocycles. The first-order valence-corrected chi connectivity index (χ1v) is 5.88. The quantitative estimate of drug-likeness (QED) is 0.878. The van der Waals surface area contributed by atoms with Crippen LogP contribution in [0.4, 0.5) is 10.2 Å².